The first kappa shape index (κ1) is 13.8. The first-order valence-electron chi connectivity index (χ1n) is 6.95. The van der Waals surface area contributed by atoms with Gasteiger partial charge < -0.3 is 15.4 Å². The van der Waals surface area contributed by atoms with Crippen LogP contribution in [0.2, 0.25) is 0 Å². The van der Waals surface area contributed by atoms with Crippen LogP contribution in [-0.4, -0.2) is 45.2 Å². The van der Waals surface area contributed by atoms with E-state index in [4.69, 9.17) is 10.5 Å². The Morgan fingerprint density at radius 2 is 2.14 bits per heavy atom. The molecule has 3 heterocycles. The normalized spacial score (nSPS) is 20.1. The van der Waals surface area contributed by atoms with Crippen LogP contribution in [0.3, 0.4) is 0 Å². The number of nitrogens with two attached hydrogens (primary N) is 1. The fourth-order valence-electron chi connectivity index (χ4n) is 2.94. The Labute approximate surface area is 122 Å². The quantitative estimate of drug-likeness (QED) is 0.780. The van der Waals surface area contributed by atoms with E-state index in [9.17, 15) is 9.59 Å². The number of likely N-dealkylation sites (tertiary alicyclic amines) is 1. The molecule has 1 aromatic heterocycles. The average molecular weight is 290 g/mol. The highest BCUT2D eigenvalue weighted by molar-refractivity contribution is 5.90. The van der Waals surface area contributed by atoms with Crippen molar-refractivity contribution >= 4 is 11.8 Å². The van der Waals surface area contributed by atoms with E-state index in [1.165, 1.54) is 6.08 Å². The van der Waals surface area contributed by atoms with E-state index in [1.54, 1.807) is 15.6 Å². The van der Waals surface area contributed by atoms with Gasteiger partial charge in [0.1, 0.15) is 5.69 Å². The Balaban J connectivity index is 1.73. The minimum absolute atomic E-state index is 0.0450. The zero-order valence-corrected chi connectivity index (χ0v) is 11.7. The van der Waals surface area contributed by atoms with Crippen LogP contribution >= 0.6 is 0 Å². The summed E-state index contributed by atoms with van der Waals surface area (Å²) in [6.07, 6.45) is 2.83. The fraction of sp³-hybridized carbons (Fsp3) is 0.500. The van der Waals surface area contributed by atoms with Crippen LogP contribution in [0.15, 0.2) is 18.7 Å². The highest BCUT2D eigenvalue weighted by Crippen LogP contribution is 2.33. The summed E-state index contributed by atoms with van der Waals surface area (Å²) in [5, 5.41) is 4.24. The number of hydrogen-bond acceptors (Lipinski definition) is 4. The summed E-state index contributed by atoms with van der Waals surface area (Å²) in [7, 11) is 0. The predicted molar refractivity (Wildman–Crippen MR) is 74.3 cm³/mol. The third-order valence-electron chi connectivity index (χ3n) is 4.24. The summed E-state index contributed by atoms with van der Waals surface area (Å²) >= 11 is 0. The Morgan fingerprint density at radius 1 is 1.43 bits per heavy atom. The van der Waals surface area contributed by atoms with E-state index < -0.39 is 5.91 Å². The molecule has 1 aromatic rings. The molecule has 2 aliphatic rings. The molecule has 0 aromatic carbocycles. The van der Waals surface area contributed by atoms with Crippen LogP contribution in [0.1, 0.15) is 29.0 Å². The Kier molecular flexibility index (Phi) is 3.29. The number of ether oxygens (including phenoxy) is 1. The van der Waals surface area contributed by atoms with Crippen molar-refractivity contribution in [2.45, 2.75) is 31.6 Å². The van der Waals surface area contributed by atoms with Crippen LogP contribution < -0.4 is 5.73 Å². The van der Waals surface area contributed by atoms with Crippen LogP contribution in [0.4, 0.5) is 0 Å². The number of piperidine rings is 1. The largest absolute Gasteiger partial charge is 0.367 e. The van der Waals surface area contributed by atoms with Crippen molar-refractivity contribution in [3.63, 3.8) is 0 Å². The van der Waals surface area contributed by atoms with E-state index >= 15 is 0 Å². The molecule has 2 N–H and O–H groups in total. The van der Waals surface area contributed by atoms with Crippen LogP contribution in [0, 0.1) is 0 Å². The molecule has 7 nitrogen and oxygen atoms in total. The van der Waals surface area contributed by atoms with E-state index in [0.29, 0.717) is 26.2 Å². The number of rotatable bonds is 2. The summed E-state index contributed by atoms with van der Waals surface area (Å²) in [6.45, 7) is 5.80. The zero-order valence-electron chi connectivity index (χ0n) is 11.7. The average Bonchev–Trinajstić information content (AvgIpc) is 2.90. The fourth-order valence-corrected chi connectivity index (χ4v) is 2.94. The van der Waals surface area contributed by atoms with Gasteiger partial charge in [0.2, 0.25) is 5.91 Å². The van der Waals surface area contributed by atoms with E-state index in [2.05, 4.69) is 11.7 Å². The van der Waals surface area contributed by atoms with Crippen molar-refractivity contribution in [1.29, 1.82) is 0 Å². The standard InChI is InChI=1S/C14H18N4O3/c1-2-12(19)17-5-3-14(4-6-17)9-18-10(8-21-14)7-11(16-18)13(15)20/h2,7H,1,3-6,8-9H2,(H2,15,20). The number of carbonyl (C=O) groups excluding carboxylic acids is 2. The van der Waals surface area contributed by atoms with Crippen molar-refractivity contribution in [3.8, 4) is 0 Å². The second-order valence-corrected chi connectivity index (χ2v) is 5.54. The SMILES string of the molecule is C=CC(=O)N1CCC2(CC1)Cn1nc(C(N)=O)cc1CO2. The van der Waals surface area contributed by atoms with Crippen LogP contribution in [0.5, 0.6) is 0 Å². The summed E-state index contributed by atoms with van der Waals surface area (Å²) in [4.78, 5) is 24.6. The predicted octanol–water partition coefficient (Wildman–Crippen LogP) is 0.0594. The molecule has 0 aliphatic carbocycles. The van der Waals surface area contributed by atoms with Crippen molar-refractivity contribution in [1.82, 2.24) is 14.7 Å². The number of nitrogens with zero attached hydrogens (tertiary/aromatic N) is 3. The van der Waals surface area contributed by atoms with Gasteiger partial charge in [0, 0.05) is 13.1 Å². The van der Waals surface area contributed by atoms with Gasteiger partial charge in [-0.05, 0) is 25.0 Å². The number of hydrogen-bond donors (Lipinski definition) is 1. The van der Waals surface area contributed by atoms with Gasteiger partial charge in [-0.2, -0.15) is 5.10 Å². The van der Waals surface area contributed by atoms with Gasteiger partial charge in [0.25, 0.3) is 5.91 Å². The van der Waals surface area contributed by atoms with Crippen molar-refractivity contribution in [3.05, 3.63) is 30.1 Å². The maximum atomic E-state index is 11.6. The topological polar surface area (TPSA) is 90.5 Å². The molecule has 112 valence electrons. The lowest BCUT2D eigenvalue weighted by Crippen LogP contribution is -2.51. The summed E-state index contributed by atoms with van der Waals surface area (Å²) < 4.78 is 7.81. The highest BCUT2D eigenvalue weighted by Gasteiger charge is 2.40. The lowest BCUT2D eigenvalue weighted by Gasteiger charge is -2.43. The van der Waals surface area contributed by atoms with E-state index in [0.717, 1.165) is 18.5 Å². The number of fused-ring (bicyclic) bond motifs is 1. The molecule has 1 fully saturated rings. The van der Waals surface area contributed by atoms with E-state index in [-0.39, 0.29) is 17.2 Å². The minimum atomic E-state index is -0.530. The number of carbonyl (C=O) groups is 2. The lowest BCUT2D eigenvalue weighted by molar-refractivity contribution is -0.142. The smallest absolute Gasteiger partial charge is 0.269 e. The molecular weight excluding hydrogens is 272 g/mol. The molecule has 0 atom stereocenters. The first-order chi connectivity index (χ1) is 10.0. The molecule has 0 radical (unpaired) electrons. The van der Waals surface area contributed by atoms with Gasteiger partial charge in [0.15, 0.2) is 0 Å². The zero-order chi connectivity index (χ0) is 15.0. The number of primary amides is 1. The van der Waals surface area contributed by atoms with Crippen LogP contribution in [-0.2, 0) is 22.7 Å². The summed E-state index contributed by atoms with van der Waals surface area (Å²) in [6, 6.07) is 1.67. The Bertz CT molecular complexity index is 599. The number of amides is 2. The van der Waals surface area contributed by atoms with Gasteiger partial charge in [-0.25, -0.2) is 0 Å². The second-order valence-electron chi connectivity index (χ2n) is 5.54. The monoisotopic (exact) mass is 290 g/mol. The van der Waals surface area contributed by atoms with Gasteiger partial charge in [-0.15, -0.1) is 0 Å². The third-order valence-corrected chi connectivity index (χ3v) is 4.24. The Hall–Kier alpha value is -2.15. The molecule has 7 heteroatoms. The van der Waals surface area contributed by atoms with Crippen LogP contribution in [0.25, 0.3) is 0 Å². The molecule has 1 spiro atoms. The minimum Gasteiger partial charge on any atom is -0.367 e. The molecule has 2 amide bonds. The van der Waals surface area contributed by atoms with Crippen molar-refractivity contribution in [2.24, 2.45) is 5.73 Å². The number of aromatic nitrogens is 2. The van der Waals surface area contributed by atoms with Gasteiger partial charge in [-0.3, -0.25) is 14.3 Å². The first-order valence-corrected chi connectivity index (χ1v) is 6.95. The maximum Gasteiger partial charge on any atom is 0.269 e. The van der Waals surface area contributed by atoms with Crippen molar-refractivity contribution in [2.75, 3.05) is 13.1 Å². The maximum absolute atomic E-state index is 11.6. The highest BCUT2D eigenvalue weighted by atomic mass is 16.5. The summed E-state index contributed by atoms with van der Waals surface area (Å²) in [5.41, 5.74) is 6.07. The molecule has 0 bridgehead atoms. The Morgan fingerprint density at radius 3 is 2.76 bits per heavy atom. The van der Waals surface area contributed by atoms with Gasteiger partial charge in [-0.1, -0.05) is 6.58 Å². The molecule has 2 aliphatic heterocycles. The summed E-state index contributed by atoms with van der Waals surface area (Å²) in [5.74, 6) is -0.575. The molecule has 3 rings (SSSR count). The lowest BCUT2D eigenvalue weighted by atomic mass is 9.90. The molecule has 0 unspecified atom stereocenters. The second kappa shape index (κ2) is 5.00. The third kappa shape index (κ3) is 2.44. The van der Waals surface area contributed by atoms with Crippen molar-refractivity contribution < 1.29 is 14.3 Å². The van der Waals surface area contributed by atoms with Gasteiger partial charge in [0.05, 0.1) is 24.4 Å². The molecule has 0 saturated carbocycles. The van der Waals surface area contributed by atoms with E-state index in [1.807, 2.05) is 0 Å². The molecule has 1 saturated heterocycles. The van der Waals surface area contributed by atoms with Gasteiger partial charge >= 0.3 is 0 Å². The molecular formula is C14H18N4O3. The molecule has 21 heavy (non-hydrogen) atoms.